The van der Waals surface area contributed by atoms with Gasteiger partial charge in [-0.15, -0.1) is 0 Å². The second-order valence-electron chi connectivity index (χ2n) is 9.76. The van der Waals surface area contributed by atoms with Crippen LogP contribution in [0, 0.1) is 0 Å². The van der Waals surface area contributed by atoms with Crippen LogP contribution in [-0.4, -0.2) is 9.97 Å². The molecule has 0 radical (unpaired) electrons. The van der Waals surface area contributed by atoms with Crippen LogP contribution in [0.3, 0.4) is 0 Å². The molecule has 3 nitrogen and oxygen atoms in total. The van der Waals surface area contributed by atoms with E-state index in [9.17, 15) is 0 Å². The van der Waals surface area contributed by atoms with Crippen LogP contribution < -0.4 is 4.74 Å². The molecular weight excluding hydrogens is 547 g/mol. The molecule has 0 saturated heterocycles. The van der Waals surface area contributed by atoms with Gasteiger partial charge in [0.1, 0.15) is 21.8 Å². The van der Waals surface area contributed by atoms with Gasteiger partial charge in [0.15, 0.2) is 0 Å². The lowest BCUT2D eigenvalue weighted by molar-refractivity contribution is 0.482. The third kappa shape index (κ3) is 6.66. The molecule has 0 atom stereocenters. The summed E-state index contributed by atoms with van der Waals surface area (Å²) in [4.78, 5) is 9.19. The summed E-state index contributed by atoms with van der Waals surface area (Å²) < 4.78 is 6.45. The Morgan fingerprint density at radius 3 is 1.32 bits per heavy atom. The van der Waals surface area contributed by atoms with Gasteiger partial charge < -0.3 is 4.74 Å². The van der Waals surface area contributed by atoms with Crippen molar-refractivity contribution in [1.29, 1.82) is 0 Å². The molecule has 2 aromatic heterocycles. The number of hydrogen-bond donors (Lipinski definition) is 0. The van der Waals surface area contributed by atoms with Crippen LogP contribution in [-0.2, 0) is 12.8 Å². The molecule has 0 fully saturated rings. The lowest BCUT2D eigenvalue weighted by atomic mass is 9.96. The minimum atomic E-state index is 0.451. The number of benzene rings is 4. The molecule has 200 valence electrons. The molecule has 0 saturated carbocycles. The smallest absolute Gasteiger partial charge is 0.129 e. The van der Waals surface area contributed by atoms with E-state index < -0.39 is 0 Å². The molecule has 0 aliphatic heterocycles. The zero-order chi connectivity index (χ0) is 28.0. The summed E-state index contributed by atoms with van der Waals surface area (Å²) >= 11 is 12.6. The van der Waals surface area contributed by atoms with Gasteiger partial charge in [0, 0.05) is 11.1 Å². The Morgan fingerprint density at radius 2 is 0.902 bits per heavy atom. The highest BCUT2D eigenvalue weighted by Crippen LogP contribution is 2.35. The minimum Gasteiger partial charge on any atom is -0.457 e. The number of aromatic nitrogens is 2. The quantitative estimate of drug-likeness (QED) is 0.170. The molecular formula is C36H26Cl2N2O. The SMILES string of the molecule is Clc1cccc(-c2cc(Oc3ccc(Cc4ccccc4)c(-c4cccc(Cl)n4)c3)ccc2Cc2ccccc2)n1. The summed E-state index contributed by atoms with van der Waals surface area (Å²) in [5, 5.41) is 0.902. The third-order valence-electron chi connectivity index (χ3n) is 6.86. The van der Waals surface area contributed by atoms with Crippen molar-refractivity contribution in [3.05, 3.63) is 166 Å². The van der Waals surface area contributed by atoms with Gasteiger partial charge >= 0.3 is 0 Å². The summed E-state index contributed by atoms with van der Waals surface area (Å²) in [5.74, 6) is 1.42. The molecule has 4 aromatic carbocycles. The van der Waals surface area contributed by atoms with E-state index in [4.69, 9.17) is 27.9 Å². The first kappa shape index (κ1) is 26.8. The number of nitrogens with zero attached hydrogens (tertiary/aromatic N) is 2. The average molecular weight is 574 g/mol. The van der Waals surface area contributed by atoms with Gasteiger partial charge in [0.25, 0.3) is 0 Å². The highest BCUT2D eigenvalue weighted by molar-refractivity contribution is 6.29. The fourth-order valence-corrected chi connectivity index (χ4v) is 5.24. The van der Waals surface area contributed by atoms with Gasteiger partial charge in [-0.05, 0) is 83.6 Å². The predicted molar refractivity (Wildman–Crippen MR) is 168 cm³/mol. The molecule has 0 amide bonds. The molecule has 6 rings (SSSR count). The number of rotatable bonds is 8. The van der Waals surface area contributed by atoms with Gasteiger partial charge in [-0.2, -0.15) is 0 Å². The van der Waals surface area contributed by atoms with E-state index in [-0.39, 0.29) is 0 Å². The standard InChI is InChI=1S/C36H26Cl2N2O/c37-35-15-7-13-33(39-35)31-23-29(19-17-27(31)21-25-9-3-1-4-10-25)41-30-20-18-28(22-26-11-5-2-6-12-26)32(24-30)34-14-8-16-36(38)40-34/h1-20,23-24H,21-22H2. The van der Waals surface area contributed by atoms with E-state index in [0.29, 0.717) is 21.8 Å². The van der Waals surface area contributed by atoms with E-state index >= 15 is 0 Å². The Labute approximate surface area is 250 Å². The number of pyridine rings is 2. The first-order valence-corrected chi connectivity index (χ1v) is 14.1. The topological polar surface area (TPSA) is 35.0 Å². The second kappa shape index (κ2) is 12.4. The Bertz CT molecular complexity index is 1660. The zero-order valence-electron chi connectivity index (χ0n) is 22.2. The first-order valence-electron chi connectivity index (χ1n) is 13.4. The van der Waals surface area contributed by atoms with Crippen LogP contribution in [0.15, 0.2) is 133 Å². The van der Waals surface area contributed by atoms with Gasteiger partial charge in [-0.25, -0.2) is 9.97 Å². The van der Waals surface area contributed by atoms with Crippen LogP contribution in [0.25, 0.3) is 22.5 Å². The van der Waals surface area contributed by atoms with Gasteiger partial charge in [0.05, 0.1) is 11.4 Å². The minimum absolute atomic E-state index is 0.451. The molecule has 0 spiro atoms. The highest BCUT2D eigenvalue weighted by atomic mass is 35.5. The molecule has 0 aliphatic carbocycles. The van der Waals surface area contributed by atoms with Crippen molar-refractivity contribution in [2.24, 2.45) is 0 Å². The van der Waals surface area contributed by atoms with Crippen molar-refractivity contribution in [1.82, 2.24) is 9.97 Å². The van der Waals surface area contributed by atoms with E-state index in [1.54, 1.807) is 12.1 Å². The largest absolute Gasteiger partial charge is 0.457 e. The Kier molecular flexibility index (Phi) is 8.09. The Morgan fingerprint density at radius 1 is 0.463 bits per heavy atom. The van der Waals surface area contributed by atoms with Crippen molar-refractivity contribution < 1.29 is 4.74 Å². The van der Waals surface area contributed by atoms with Crippen LogP contribution in [0.5, 0.6) is 11.5 Å². The van der Waals surface area contributed by atoms with Gasteiger partial charge in [-0.3, -0.25) is 0 Å². The summed E-state index contributed by atoms with van der Waals surface area (Å²) in [7, 11) is 0. The third-order valence-corrected chi connectivity index (χ3v) is 7.28. The molecule has 0 N–H and O–H groups in total. The van der Waals surface area contributed by atoms with Crippen LogP contribution in [0.1, 0.15) is 22.3 Å². The Balaban J connectivity index is 1.37. The average Bonchev–Trinajstić information content (AvgIpc) is 3.00. The maximum Gasteiger partial charge on any atom is 0.129 e. The molecule has 0 aliphatic rings. The van der Waals surface area contributed by atoms with Crippen LogP contribution in [0.4, 0.5) is 0 Å². The molecule has 0 bridgehead atoms. The number of halogens is 2. The highest BCUT2D eigenvalue weighted by Gasteiger charge is 2.14. The molecule has 2 heterocycles. The summed E-state index contributed by atoms with van der Waals surface area (Å²) in [5.41, 5.74) is 8.28. The maximum atomic E-state index is 6.45. The van der Waals surface area contributed by atoms with Crippen molar-refractivity contribution in [3.63, 3.8) is 0 Å². The van der Waals surface area contributed by atoms with Crippen molar-refractivity contribution in [2.45, 2.75) is 12.8 Å². The predicted octanol–water partition coefficient (Wildman–Crippen LogP) is 10.1. The Hall–Kier alpha value is -4.44. The van der Waals surface area contributed by atoms with E-state index in [2.05, 4.69) is 70.6 Å². The van der Waals surface area contributed by atoms with E-state index in [1.807, 2.05) is 60.7 Å². The fraction of sp³-hybridized carbons (Fsp3) is 0.0556. The molecule has 41 heavy (non-hydrogen) atoms. The van der Waals surface area contributed by atoms with Crippen LogP contribution >= 0.6 is 23.2 Å². The number of ether oxygens (including phenoxy) is 1. The van der Waals surface area contributed by atoms with Crippen LogP contribution in [0.2, 0.25) is 10.3 Å². The van der Waals surface area contributed by atoms with Crippen molar-refractivity contribution in [2.75, 3.05) is 0 Å². The molecule has 6 aromatic rings. The first-order chi connectivity index (χ1) is 20.1. The summed E-state index contributed by atoms with van der Waals surface area (Å²) in [6.07, 6.45) is 1.53. The normalized spacial score (nSPS) is 10.9. The fourth-order valence-electron chi connectivity index (χ4n) is 4.91. The number of hydrogen-bond acceptors (Lipinski definition) is 3. The van der Waals surface area contributed by atoms with Gasteiger partial charge in [-0.1, -0.05) is 108 Å². The van der Waals surface area contributed by atoms with Gasteiger partial charge in [0.2, 0.25) is 0 Å². The molecule has 5 heteroatoms. The van der Waals surface area contributed by atoms with E-state index in [0.717, 1.165) is 46.5 Å². The van der Waals surface area contributed by atoms with E-state index in [1.165, 1.54) is 11.1 Å². The molecule has 0 unspecified atom stereocenters. The summed E-state index contributed by atoms with van der Waals surface area (Å²) in [6, 6.07) is 44.4. The van der Waals surface area contributed by atoms with Crippen molar-refractivity contribution >= 4 is 23.2 Å². The second-order valence-corrected chi connectivity index (χ2v) is 10.5. The zero-order valence-corrected chi connectivity index (χ0v) is 23.7. The summed E-state index contributed by atoms with van der Waals surface area (Å²) in [6.45, 7) is 0. The lowest BCUT2D eigenvalue weighted by Crippen LogP contribution is -1.97. The monoisotopic (exact) mass is 572 g/mol. The van der Waals surface area contributed by atoms with Crippen molar-refractivity contribution in [3.8, 4) is 34.0 Å². The lowest BCUT2D eigenvalue weighted by Gasteiger charge is -2.15. The maximum absolute atomic E-state index is 6.45.